The number of rotatable bonds is 5. The van der Waals surface area contributed by atoms with Gasteiger partial charge in [-0.05, 0) is 36.2 Å². The highest BCUT2D eigenvalue weighted by molar-refractivity contribution is 5.97. The number of benzene rings is 1. The van der Waals surface area contributed by atoms with E-state index in [1.807, 2.05) is 6.92 Å². The predicted octanol–water partition coefficient (Wildman–Crippen LogP) is 2.01. The van der Waals surface area contributed by atoms with Crippen molar-refractivity contribution in [1.29, 1.82) is 0 Å². The molecule has 0 aliphatic carbocycles. The van der Waals surface area contributed by atoms with Crippen LogP contribution < -0.4 is 5.32 Å². The lowest BCUT2D eigenvalue weighted by atomic mass is 10.1. The minimum absolute atomic E-state index is 0.0872. The zero-order valence-corrected chi connectivity index (χ0v) is 11.2. The maximum absolute atomic E-state index is 12.2. The number of hydrogen-bond acceptors (Lipinski definition) is 4. The van der Waals surface area contributed by atoms with Crippen LogP contribution >= 0.6 is 0 Å². The summed E-state index contributed by atoms with van der Waals surface area (Å²) < 4.78 is 5.16. The van der Waals surface area contributed by atoms with Gasteiger partial charge in [0.05, 0.1) is 18.4 Å². The lowest BCUT2D eigenvalue weighted by Crippen LogP contribution is -2.30. The molecule has 0 fully saturated rings. The molecule has 1 aromatic carbocycles. The zero-order valence-electron chi connectivity index (χ0n) is 11.2. The number of aliphatic hydroxyl groups is 1. The molecule has 0 aliphatic heterocycles. The molecular weight excluding hydrogens is 258 g/mol. The molecular formula is C15H17NO4. The molecule has 0 saturated carbocycles. The van der Waals surface area contributed by atoms with Crippen LogP contribution in [0.4, 0.5) is 0 Å². The fourth-order valence-corrected chi connectivity index (χ4v) is 1.92. The molecule has 1 amide bonds. The molecule has 2 aromatic rings. The maximum atomic E-state index is 12.2. The van der Waals surface area contributed by atoms with Gasteiger partial charge in [-0.2, -0.15) is 0 Å². The van der Waals surface area contributed by atoms with Crippen molar-refractivity contribution in [2.45, 2.75) is 19.4 Å². The monoisotopic (exact) mass is 275 g/mol. The SMILES string of the molecule is CCc1ccc(O)c(C(=O)NC(CO)c2ccco2)c1. The molecule has 0 aliphatic rings. The number of furan rings is 1. The number of aromatic hydroxyl groups is 1. The first-order chi connectivity index (χ1) is 9.65. The zero-order chi connectivity index (χ0) is 14.5. The molecule has 5 heteroatoms. The van der Waals surface area contributed by atoms with Crippen molar-refractivity contribution >= 4 is 5.91 Å². The summed E-state index contributed by atoms with van der Waals surface area (Å²) in [5.41, 5.74) is 1.14. The number of nitrogens with one attached hydrogen (secondary N) is 1. The van der Waals surface area contributed by atoms with Crippen molar-refractivity contribution in [2.75, 3.05) is 6.61 Å². The van der Waals surface area contributed by atoms with E-state index in [0.29, 0.717) is 5.76 Å². The van der Waals surface area contributed by atoms with Crippen molar-refractivity contribution in [1.82, 2.24) is 5.32 Å². The third kappa shape index (κ3) is 3.00. The largest absolute Gasteiger partial charge is 0.507 e. The van der Waals surface area contributed by atoms with Crippen molar-refractivity contribution in [2.24, 2.45) is 0 Å². The molecule has 1 atom stereocenters. The Bertz CT molecular complexity index is 578. The molecule has 0 bridgehead atoms. The van der Waals surface area contributed by atoms with E-state index >= 15 is 0 Å². The Balaban J connectivity index is 2.19. The Morgan fingerprint density at radius 3 is 2.80 bits per heavy atom. The van der Waals surface area contributed by atoms with Gasteiger partial charge in [-0.25, -0.2) is 0 Å². The Morgan fingerprint density at radius 2 is 2.20 bits per heavy atom. The van der Waals surface area contributed by atoms with E-state index in [1.54, 1.807) is 24.3 Å². The number of phenolic OH excluding ortho intramolecular Hbond substituents is 1. The van der Waals surface area contributed by atoms with Gasteiger partial charge >= 0.3 is 0 Å². The molecule has 1 heterocycles. The van der Waals surface area contributed by atoms with Gasteiger partial charge in [-0.3, -0.25) is 4.79 Å². The van der Waals surface area contributed by atoms with Crippen LogP contribution in [0.25, 0.3) is 0 Å². The molecule has 0 spiro atoms. The number of amides is 1. The van der Waals surface area contributed by atoms with Crippen LogP contribution in [0.5, 0.6) is 5.75 Å². The molecule has 1 unspecified atom stereocenters. The summed E-state index contributed by atoms with van der Waals surface area (Å²) in [7, 11) is 0. The first-order valence-electron chi connectivity index (χ1n) is 6.42. The van der Waals surface area contributed by atoms with Crippen LogP contribution in [-0.2, 0) is 6.42 Å². The molecule has 0 radical (unpaired) electrons. The molecule has 106 valence electrons. The van der Waals surface area contributed by atoms with Crippen molar-refractivity contribution in [3.63, 3.8) is 0 Å². The number of carbonyl (C=O) groups is 1. The van der Waals surface area contributed by atoms with Crippen molar-refractivity contribution in [3.8, 4) is 5.75 Å². The highest BCUT2D eigenvalue weighted by Crippen LogP contribution is 2.20. The highest BCUT2D eigenvalue weighted by atomic mass is 16.3. The molecule has 20 heavy (non-hydrogen) atoms. The molecule has 2 rings (SSSR count). The molecule has 3 N–H and O–H groups in total. The number of aliphatic hydroxyl groups excluding tert-OH is 1. The van der Waals surface area contributed by atoms with E-state index in [1.165, 1.54) is 12.3 Å². The summed E-state index contributed by atoms with van der Waals surface area (Å²) in [6, 6.07) is 7.61. The van der Waals surface area contributed by atoms with Gasteiger partial charge in [0.2, 0.25) is 0 Å². The van der Waals surface area contributed by atoms with Gasteiger partial charge in [-0.1, -0.05) is 13.0 Å². The maximum Gasteiger partial charge on any atom is 0.255 e. The minimum Gasteiger partial charge on any atom is -0.507 e. The van der Waals surface area contributed by atoms with Crippen LogP contribution in [0.15, 0.2) is 41.0 Å². The lowest BCUT2D eigenvalue weighted by Gasteiger charge is -2.15. The molecule has 0 saturated heterocycles. The lowest BCUT2D eigenvalue weighted by molar-refractivity contribution is 0.0904. The fourth-order valence-electron chi connectivity index (χ4n) is 1.92. The van der Waals surface area contributed by atoms with Gasteiger partial charge in [0.1, 0.15) is 17.6 Å². The number of phenols is 1. The predicted molar refractivity (Wildman–Crippen MR) is 73.5 cm³/mol. The van der Waals surface area contributed by atoms with Gasteiger partial charge in [0, 0.05) is 0 Å². The number of carbonyl (C=O) groups excluding carboxylic acids is 1. The van der Waals surface area contributed by atoms with Gasteiger partial charge in [-0.15, -0.1) is 0 Å². The second kappa shape index (κ2) is 6.25. The van der Waals surface area contributed by atoms with E-state index in [4.69, 9.17) is 4.42 Å². The van der Waals surface area contributed by atoms with Crippen molar-refractivity contribution < 1.29 is 19.4 Å². The second-order valence-electron chi connectivity index (χ2n) is 4.43. The number of aryl methyl sites for hydroxylation is 1. The van der Waals surface area contributed by atoms with E-state index in [9.17, 15) is 15.0 Å². The summed E-state index contributed by atoms with van der Waals surface area (Å²) in [5, 5.41) is 21.7. The van der Waals surface area contributed by atoms with Gasteiger partial charge in [0.15, 0.2) is 0 Å². The Labute approximate surface area is 116 Å². The topological polar surface area (TPSA) is 82.7 Å². The van der Waals surface area contributed by atoms with Gasteiger partial charge < -0.3 is 19.9 Å². The van der Waals surface area contributed by atoms with Gasteiger partial charge in [0.25, 0.3) is 5.91 Å². The summed E-state index contributed by atoms with van der Waals surface area (Å²) in [6.07, 6.45) is 2.24. The average molecular weight is 275 g/mol. The van der Waals surface area contributed by atoms with E-state index in [0.717, 1.165) is 12.0 Å². The van der Waals surface area contributed by atoms with Crippen LogP contribution in [0, 0.1) is 0 Å². The van der Waals surface area contributed by atoms with Crippen LogP contribution in [0.2, 0.25) is 0 Å². The summed E-state index contributed by atoms with van der Waals surface area (Å²) >= 11 is 0. The third-order valence-electron chi connectivity index (χ3n) is 3.09. The second-order valence-corrected chi connectivity index (χ2v) is 4.43. The molecule has 1 aromatic heterocycles. The van der Waals surface area contributed by atoms with E-state index in [2.05, 4.69) is 5.32 Å². The van der Waals surface area contributed by atoms with Crippen molar-refractivity contribution in [3.05, 3.63) is 53.5 Å². The summed E-state index contributed by atoms with van der Waals surface area (Å²) in [6.45, 7) is 1.68. The summed E-state index contributed by atoms with van der Waals surface area (Å²) in [5.74, 6) is -0.0731. The normalized spacial score (nSPS) is 12.1. The Kier molecular flexibility index (Phi) is 4.42. The Morgan fingerprint density at radius 1 is 1.40 bits per heavy atom. The molecule has 5 nitrogen and oxygen atoms in total. The van der Waals surface area contributed by atoms with Crippen LogP contribution in [0.1, 0.15) is 34.6 Å². The average Bonchev–Trinajstić information content (AvgIpc) is 2.99. The Hall–Kier alpha value is -2.27. The number of hydrogen-bond donors (Lipinski definition) is 3. The summed E-state index contributed by atoms with van der Waals surface area (Å²) in [4.78, 5) is 12.2. The smallest absolute Gasteiger partial charge is 0.255 e. The first kappa shape index (κ1) is 14.1. The quantitative estimate of drug-likeness (QED) is 0.779. The highest BCUT2D eigenvalue weighted by Gasteiger charge is 2.19. The van der Waals surface area contributed by atoms with E-state index in [-0.39, 0.29) is 17.9 Å². The third-order valence-corrected chi connectivity index (χ3v) is 3.09. The standard InChI is InChI=1S/C15H17NO4/c1-2-10-5-6-13(18)11(8-10)15(19)16-12(9-17)14-4-3-7-20-14/h3-8,12,17-18H,2,9H2,1H3,(H,16,19). The fraction of sp³-hybridized carbons (Fsp3) is 0.267. The minimum atomic E-state index is -0.637. The van der Waals surface area contributed by atoms with Crippen LogP contribution in [-0.4, -0.2) is 22.7 Å². The first-order valence-corrected chi connectivity index (χ1v) is 6.42. The van der Waals surface area contributed by atoms with E-state index < -0.39 is 11.9 Å². The van der Waals surface area contributed by atoms with Crippen LogP contribution in [0.3, 0.4) is 0 Å².